The lowest BCUT2D eigenvalue weighted by Gasteiger charge is -2.26. The average Bonchev–Trinajstić information content (AvgIpc) is 2.25. The fourth-order valence-electron chi connectivity index (χ4n) is 1.55. The molecule has 0 amide bonds. The molecule has 0 aliphatic heterocycles. The third kappa shape index (κ3) is 9.32. The number of unbranched alkanes of at least 4 members (excludes halogenated alkanes) is 1. The Morgan fingerprint density at radius 2 is 1.74 bits per heavy atom. The first kappa shape index (κ1) is 18.8. The van der Waals surface area contributed by atoms with Gasteiger partial charge in [-0.15, -0.1) is 0 Å². The topological polar surface area (TPSA) is 37.4 Å². The van der Waals surface area contributed by atoms with Crippen LogP contribution in [-0.2, 0) is 10.0 Å². The molecular weight excluding hydrogens is 272 g/mol. The number of rotatable bonds is 9. The second-order valence-corrected chi connectivity index (χ2v) is 8.15. The molecule has 3 nitrogen and oxygen atoms in total. The second kappa shape index (κ2) is 8.15. The highest BCUT2D eigenvalue weighted by Crippen LogP contribution is 2.20. The van der Waals surface area contributed by atoms with E-state index in [0.29, 0.717) is 13.1 Å². The van der Waals surface area contributed by atoms with Gasteiger partial charge in [0, 0.05) is 19.5 Å². The summed E-state index contributed by atoms with van der Waals surface area (Å²) >= 11 is 0. The first-order valence-corrected chi connectivity index (χ1v) is 8.45. The van der Waals surface area contributed by atoms with Gasteiger partial charge < -0.3 is 0 Å². The smallest absolute Gasteiger partial charge is 0.212 e. The maximum Gasteiger partial charge on any atom is 0.239 e. The Hall–Kier alpha value is -0.230. The highest BCUT2D eigenvalue weighted by Gasteiger charge is 2.24. The summed E-state index contributed by atoms with van der Waals surface area (Å²) in [6.07, 6.45) is -0.773. The van der Waals surface area contributed by atoms with Gasteiger partial charge in [-0.25, -0.2) is 21.5 Å². The van der Waals surface area contributed by atoms with Crippen LogP contribution in [0.15, 0.2) is 0 Å². The zero-order valence-corrected chi connectivity index (χ0v) is 13.3. The van der Waals surface area contributed by atoms with E-state index in [2.05, 4.69) is 0 Å². The van der Waals surface area contributed by atoms with Crippen molar-refractivity contribution in [3.63, 3.8) is 0 Å². The third-order valence-corrected chi connectivity index (χ3v) is 4.76. The Bertz CT molecular complexity index is 337. The molecule has 0 aromatic carbocycles. The van der Waals surface area contributed by atoms with Crippen molar-refractivity contribution in [1.82, 2.24) is 4.31 Å². The summed E-state index contributed by atoms with van der Waals surface area (Å²) in [5.74, 6) is -0.460. The molecule has 0 N–H and O–H groups in total. The van der Waals surface area contributed by atoms with E-state index in [0.717, 1.165) is 19.3 Å². The molecule has 0 saturated heterocycles. The molecule has 0 rings (SSSR count). The largest absolute Gasteiger partial charge is 0.239 e. The van der Waals surface area contributed by atoms with Gasteiger partial charge in [-0.3, -0.25) is 0 Å². The predicted octanol–water partition coefficient (Wildman–Crippen LogP) is 3.51. The lowest BCUT2D eigenvalue weighted by atomic mass is 9.92. The molecular formula is C13H27F2NO2S. The van der Waals surface area contributed by atoms with E-state index in [-0.39, 0.29) is 5.41 Å². The lowest BCUT2D eigenvalue weighted by Crippen LogP contribution is -2.36. The first-order valence-electron chi connectivity index (χ1n) is 6.84. The Balaban J connectivity index is 4.62. The molecule has 0 saturated carbocycles. The fraction of sp³-hybridized carbons (Fsp3) is 1.00. The molecule has 0 aromatic rings. The van der Waals surface area contributed by atoms with E-state index in [1.807, 2.05) is 27.7 Å². The molecule has 0 spiro atoms. The Morgan fingerprint density at radius 3 is 2.16 bits per heavy atom. The maximum atomic E-state index is 12.2. The summed E-state index contributed by atoms with van der Waals surface area (Å²) in [5.41, 5.74) is 0.0305. The van der Waals surface area contributed by atoms with Gasteiger partial charge in [0.2, 0.25) is 16.4 Å². The molecule has 116 valence electrons. The van der Waals surface area contributed by atoms with Gasteiger partial charge in [-0.05, 0) is 18.3 Å². The summed E-state index contributed by atoms with van der Waals surface area (Å²) < 4.78 is 49.8. The van der Waals surface area contributed by atoms with E-state index >= 15 is 0 Å². The van der Waals surface area contributed by atoms with E-state index in [1.54, 1.807) is 0 Å². The lowest BCUT2D eigenvalue weighted by molar-refractivity contribution is 0.144. The zero-order chi connectivity index (χ0) is 15.1. The molecule has 0 fully saturated rings. The maximum absolute atomic E-state index is 12.2. The second-order valence-electron chi connectivity index (χ2n) is 6.06. The van der Waals surface area contributed by atoms with Gasteiger partial charge in [0.15, 0.2) is 0 Å². The van der Waals surface area contributed by atoms with Gasteiger partial charge >= 0.3 is 0 Å². The predicted molar refractivity (Wildman–Crippen MR) is 75.0 cm³/mol. The minimum Gasteiger partial charge on any atom is -0.212 e. The highest BCUT2D eigenvalue weighted by atomic mass is 32.2. The Kier molecular flexibility index (Phi) is 8.05. The van der Waals surface area contributed by atoms with E-state index in [4.69, 9.17) is 0 Å². The molecule has 0 radical (unpaired) electrons. The van der Waals surface area contributed by atoms with Gasteiger partial charge in [0.05, 0.1) is 5.75 Å². The summed E-state index contributed by atoms with van der Waals surface area (Å²) in [7, 11) is -3.56. The van der Waals surface area contributed by atoms with Gasteiger partial charge in [0.25, 0.3) is 0 Å². The van der Waals surface area contributed by atoms with Crippen molar-refractivity contribution in [1.29, 1.82) is 0 Å². The first-order chi connectivity index (χ1) is 8.58. The van der Waals surface area contributed by atoms with Crippen molar-refractivity contribution in [2.75, 3.05) is 18.8 Å². The van der Waals surface area contributed by atoms with Crippen LogP contribution in [0, 0.1) is 5.41 Å². The van der Waals surface area contributed by atoms with Crippen LogP contribution >= 0.6 is 0 Å². The summed E-state index contributed by atoms with van der Waals surface area (Å²) in [6, 6.07) is 0. The molecule has 0 heterocycles. The summed E-state index contributed by atoms with van der Waals surface area (Å²) in [4.78, 5) is 0. The monoisotopic (exact) mass is 299 g/mol. The molecule has 0 unspecified atom stereocenters. The quantitative estimate of drug-likeness (QED) is 0.653. The minimum absolute atomic E-state index is 0.0305. The van der Waals surface area contributed by atoms with Gasteiger partial charge in [-0.1, -0.05) is 34.1 Å². The van der Waals surface area contributed by atoms with Crippen LogP contribution in [0.25, 0.3) is 0 Å². The van der Waals surface area contributed by atoms with Crippen LogP contribution in [0.2, 0.25) is 0 Å². The molecule has 0 aliphatic carbocycles. The van der Waals surface area contributed by atoms with Crippen molar-refractivity contribution in [2.24, 2.45) is 5.41 Å². The number of hydrogen-bond acceptors (Lipinski definition) is 2. The number of alkyl halides is 2. The van der Waals surface area contributed by atoms with Crippen LogP contribution < -0.4 is 0 Å². The van der Waals surface area contributed by atoms with E-state index in [1.165, 1.54) is 4.31 Å². The van der Waals surface area contributed by atoms with Crippen molar-refractivity contribution in [2.45, 2.75) is 59.8 Å². The zero-order valence-electron chi connectivity index (χ0n) is 12.5. The SMILES string of the molecule is CCCCN(CCC(C)(C)C)S(=O)(=O)CCC(F)F. The standard InChI is InChI=1S/C13H27F2NO2S/c1-5-6-9-16(10-8-13(2,3)4)19(17,18)11-7-12(14)15/h12H,5-11H2,1-4H3. The summed E-state index contributed by atoms with van der Waals surface area (Å²) in [5, 5.41) is 0. The normalized spacial score (nSPS) is 13.5. The van der Waals surface area contributed by atoms with Gasteiger partial charge in [0.1, 0.15) is 0 Å². The molecule has 19 heavy (non-hydrogen) atoms. The fourth-order valence-corrected chi connectivity index (χ4v) is 3.06. The molecule has 0 bridgehead atoms. The molecule has 6 heteroatoms. The van der Waals surface area contributed by atoms with Crippen molar-refractivity contribution < 1.29 is 17.2 Å². The minimum atomic E-state index is -3.56. The molecule has 0 atom stereocenters. The average molecular weight is 299 g/mol. The van der Waals surface area contributed by atoms with Crippen LogP contribution in [-0.4, -0.2) is 38.0 Å². The number of nitrogens with zero attached hydrogens (tertiary/aromatic N) is 1. The third-order valence-electron chi connectivity index (χ3n) is 2.86. The molecule has 0 aliphatic rings. The number of hydrogen-bond donors (Lipinski definition) is 0. The highest BCUT2D eigenvalue weighted by molar-refractivity contribution is 7.89. The Morgan fingerprint density at radius 1 is 1.16 bits per heavy atom. The van der Waals surface area contributed by atoms with Crippen LogP contribution in [0.3, 0.4) is 0 Å². The number of sulfonamides is 1. The van der Waals surface area contributed by atoms with E-state index in [9.17, 15) is 17.2 Å². The molecule has 0 aromatic heterocycles. The van der Waals surface area contributed by atoms with Crippen molar-refractivity contribution in [3.05, 3.63) is 0 Å². The van der Waals surface area contributed by atoms with Crippen LogP contribution in [0.5, 0.6) is 0 Å². The van der Waals surface area contributed by atoms with Crippen molar-refractivity contribution >= 4 is 10.0 Å². The van der Waals surface area contributed by atoms with Crippen LogP contribution in [0.4, 0.5) is 8.78 Å². The number of halogens is 2. The Labute approximate surface area is 116 Å². The summed E-state index contributed by atoms with van der Waals surface area (Å²) in [6.45, 7) is 8.94. The van der Waals surface area contributed by atoms with Crippen molar-refractivity contribution in [3.8, 4) is 0 Å². The van der Waals surface area contributed by atoms with E-state index < -0.39 is 28.6 Å². The van der Waals surface area contributed by atoms with Crippen LogP contribution in [0.1, 0.15) is 53.4 Å². The van der Waals surface area contributed by atoms with Gasteiger partial charge in [-0.2, -0.15) is 0 Å².